The van der Waals surface area contributed by atoms with E-state index in [0.717, 1.165) is 4.88 Å². The number of rotatable bonds is 8. The fourth-order valence-corrected chi connectivity index (χ4v) is 5.71. The number of halogens is 1. The van der Waals surface area contributed by atoms with Gasteiger partial charge in [0.25, 0.3) is 5.91 Å². The molecule has 27 heavy (non-hydrogen) atoms. The first-order chi connectivity index (χ1) is 12.7. The van der Waals surface area contributed by atoms with Crippen LogP contribution in [0.1, 0.15) is 49.0 Å². The predicted molar refractivity (Wildman–Crippen MR) is 111 cm³/mol. The normalized spacial score (nSPS) is 13.1. The molecule has 5 nitrogen and oxygen atoms in total. The van der Waals surface area contributed by atoms with Crippen molar-refractivity contribution in [3.05, 3.63) is 51.2 Å². The van der Waals surface area contributed by atoms with Gasteiger partial charge in [-0.15, -0.1) is 11.3 Å². The molecule has 0 aliphatic rings. The minimum absolute atomic E-state index is 0.0438. The van der Waals surface area contributed by atoms with Gasteiger partial charge in [0.2, 0.25) is 10.0 Å². The lowest BCUT2D eigenvalue weighted by atomic mass is 10.0. The number of thiophene rings is 1. The average molecular weight is 429 g/mol. The molecule has 8 heteroatoms. The molecule has 0 radical (unpaired) electrons. The van der Waals surface area contributed by atoms with Crippen molar-refractivity contribution in [1.82, 2.24) is 9.62 Å². The van der Waals surface area contributed by atoms with Gasteiger partial charge in [-0.25, -0.2) is 8.42 Å². The fraction of sp³-hybridized carbons (Fsp3) is 0.421. The molecule has 1 atom stereocenters. The average Bonchev–Trinajstić information content (AvgIpc) is 3.14. The zero-order chi connectivity index (χ0) is 20.2. The molecule has 0 saturated heterocycles. The third kappa shape index (κ3) is 4.90. The highest BCUT2D eigenvalue weighted by Crippen LogP contribution is 2.28. The fourth-order valence-electron chi connectivity index (χ4n) is 2.80. The highest BCUT2D eigenvalue weighted by Gasteiger charge is 2.26. The van der Waals surface area contributed by atoms with Crippen molar-refractivity contribution < 1.29 is 13.2 Å². The van der Waals surface area contributed by atoms with Crippen LogP contribution in [0.2, 0.25) is 5.02 Å². The van der Waals surface area contributed by atoms with E-state index < -0.39 is 10.0 Å². The van der Waals surface area contributed by atoms with E-state index >= 15 is 0 Å². The quantitative estimate of drug-likeness (QED) is 0.670. The molecule has 2 aromatic rings. The van der Waals surface area contributed by atoms with Crippen LogP contribution in [0.15, 0.2) is 40.6 Å². The number of amides is 1. The van der Waals surface area contributed by atoms with Crippen LogP contribution in [0.4, 0.5) is 0 Å². The number of hydrogen-bond acceptors (Lipinski definition) is 4. The zero-order valence-corrected chi connectivity index (χ0v) is 18.3. The molecular weight excluding hydrogens is 404 g/mol. The lowest BCUT2D eigenvalue weighted by Gasteiger charge is -2.22. The lowest BCUT2D eigenvalue weighted by molar-refractivity contribution is 0.0926. The Kier molecular flexibility index (Phi) is 7.45. The molecule has 0 spiro atoms. The second-order valence-electron chi connectivity index (χ2n) is 6.45. The topological polar surface area (TPSA) is 66.5 Å². The number of hydrogen-bond donors (Lipinski definition) is 1. The highest BCUT2D eigenvalue weighted by atomic mass is 35.5. The summed E-state index contributed by atoms with van der Waals surface area (Å²) in [4.78, 5) is 13.8. The van der Waals surface area contributed by atoms with Crippen LogP contribution in [0.3, 0.4) is 0 Å². The van der Waals surface area contributed by atoms with Crippen molar-refractivity contribution in [1.29, 1.82) is 0 Å². The number of nitrogens with one attached hydrogen (secondary N) is 1. The molecule has 0 aliphatic carbocycles. The summed E-state index contributed by atoms with van der Waals surface area (Å²) < 4.78 is 27.0. The van der Waals surface area contributed by atoms with Gasteiger partial charge in [0.15, 0.2) is 0 Å². The minimum Gasteiger partial charge on any atom is -0.344 e. The Morgan fingerprint density at radius 2 is 1.89 bits per heavy atom. The van der Waals surface area contributed by atoms with Gasteiger partial charge in [0, 0.05) is 23.5 Å². The molecule has 0 aliphatic heterocycles. The Morgan fingerprint density at radius 1 is 1.22 bits per heavy atom. The first kappa shape index (κ1) is 21.9. The highest BCUT2D eigenvalue weighted by molar-refractivity contribution is 7.89. The summed E-state index contributed by atoms with van der Waals surface area (Å²) in [5, 5.41) is 5.09. The number of sulfonamides is 1. The molecule has 1 aromatic heterocycles. The van der Waals surface area contributed by atoms with Crippen LogP contribution in [0.5, 0.6) is 0 Å². The third-order valence-corrected chi connectivity index (χ3v) is 7.81. The Morgan fingerprint density at radius 3 is 2.41 bits per heavy atom. The van der Waals surface area contributed by atoms with Gasteiger partial charge >= 0.3 is 0 Å². The molecule has 1 N–H and O–H groups in total. The van der Waals surface area contributed by atoms with E-state index in [1.807, 2.05) is 31.4 Å². The van der Waals surface area contributed by atoms with Gasteiger partial charge in [0.1, 0.15) is 4.90 Å². The van der Waals surface area contributed by atoms with Crippen molar-refractivity contribution >= 4 is 38.9 Å². The molecule has 1 amide bonds. The van der Waals surface area contributed by atoms with Gasteiger partial charge in [-0.1, -0.05) is 45.4 Å². The lowest BCUT2D eigenvalue weighted by Crippen LogP contribution is -2.32. The van der Waals surface area contributed by atoms with Crippen molar-refractivity contribution in [2.24, 2.45) is 5.92 Å². The molecule has 148 valence electrons. The van der Waals surface area contributed by atoms with Crippen LogP contribution in [0.25, 0.3) is 0 Å². The standard InChI is InChI=1S/C19H25ClN2O3S2/c1-5-22(6-2)27(24,25)17-12-14(9-10-15(17)20)19(23)21-18(13(3)4)16-8-7-11-26-16/h7-13,18H,5-6H2,1-4H3,(H,21,23). The van der Waals surface area contributed by atoms with E-state index in [0.29, 0.717) is 13.1 Å². The van der Waals surface area contributed by atoms with E-state index in [2.05, 4.69) is 5.32 Å². The summed E-state index contributed by atoms with van der Waals surface area (Å²) >= 11 is 7.72. The summed E-state index contributed by atoms with van der Waals surface area (Å²) in [6.45, 7) is 8.25. The van der Waals surface area contributed by atoms with E-state index in [1.165, 1.54) is 16.4 Å². The van der Waals surface area contributed by atoms with E-state index in [-0.39, 0.29) is 33.3 Å². The summed E-state index contributed by atoms with van der Waals surface area (Å²) in [7, 11) is -3.75. The molecular formula is C19H25ClN2O3S2. The largest absolute Gasteiger partial charge is 0.344 e. The summed E-state index contributed by atoms with van der Waals surface area (Å²) in [5.74, 6) is -0.131. The number of nitrogens with zero attached hydrogens (tertiary/aromatic N) is 1. The molecule has 0 bridgehead atoms. The number of benzene rings is 1. The summed E-state index contributed by atoms with van der Waals surface area (Å²) in [6.07, 6.45) is 0. The monoisotopic (exact) mass is 428 g/mol. The van der Waals surface area contributed by atoms with Crippen molar-refractivity contribution in [3.63, 3.8) is 0 Å². The van der Waals surface area contributed by atoms with E-state index in [1.54, 1.807) is 31.3 Å². The zero-order valence-electron chi connectivity index (χ0n) is 15.9. The first-order valence-electron chi connectivity index (χ1n) is 8.86. The van der Waals surface area contributed by atoms with Crippen LogP contribution < -0.4 is 5.32 Å². The predicted octanol–water partition coefficient (Wildman–Crippen LogP) is 4.56. The molecule has 1 unspecified atom stereocenters. The summed E-state index contributed by atoms with van der Waals surface area (Å²) in [5.41, 5.74) is 0.271. The van der Waals surface area contributed by atoms with Crippen LogP contribution in [-0.4, -0.2) is 31.7 Å². The maximum Gasteiger partial charge on any atom is 0.251 e. The van der Waals surface area contributed by atoms with Crippen LogP contribution in [0, 0.1) is 5.92 Å². The molecule has 0 saturated carbocycles. The van der Waals surface area contributed by atoms with Gasteiger partial charge in [-0.3, -0.25) is 4.79 Å². The maximum atomic E-state index is 12.8. The van der Waals surface area contributed by atoms with Gasteiger partial charge in [-0.2, -0.15) is 4.31 Å². The van der Waals surface area contributed by atoms with Gasteiger partial charge < -0.3 is 5.32 Å². The van der Waals surface area contributed by atoms with Crippen LogP contribution >= 0.6 is 22.9 Å². The second kappa shape index (κ2) is 9.19. The van der Waals surface area contributed by atoms with Gasteiger partial charge in [0.05, 0.1) is 11.1 Å². The molecule has 0 fully saturated rings. The van der Waals surface area contributed by atoms with Crippen molar-refractivity contribution in [3.8, 4) is 0 Å². The first-order valence-corrected chi connectivity index (χ1v) is 11.6. The molecule has 1 aromatic carbocycles. The van der Waals surface area contributed by atoms with Gasteiger partial charge in [-0.05, 0) is 35.6 Å². The minimum atomic E-state index is -3.75. The Bertz CT molecular complexity index is 876. The SMILES string of the molecule is CCN(CC)S(=O)(=O)c1cc(C(=O)NC(c2cccs2)C(C)C)ccc1Cl. The maximum absolute atomic E-state index is 12.8. The Hall–Kier alpha value is -1.41. The number of carbonyl (C=O) groups is 1. The van der Waals surface area contributed by atoms with E-state index in [9.17, 15) is 13.2 Å². The van der Waals surface area contributed by atoms with Crippen molar-refractivity contribution in [2.75, 3.05) is 13.1 Å². The van der Waals surface area contributed by atoms with E-state index in [4.69, 9.17) is 11.6 Å². The molecule has 1 heterocycles. The Labute approximate surface area is 170 Å². The number of carbonyl (C=O) groups excluding carboxylic acids is 1. The van der Waals surface area contributed by atoms with Crippen molar-refractivity contribution in [2.45, 2.75) is 38.6 Å². The Balaban J connectivity index is 2.35. The van der Waals surface area contributed by atoms with Crippen LogP contribution in [-0.2, 0) is 10.0 Å². The third-order valence-electron chi connectivity index (χ3n) is 4.32. The molecule has 2 rings (SSSR count). The smallest absolute Gasteiger partial charge is 0.251 e. The summed E-state index contributed by atoms with van der Waals surface area (Å²) in [6, 6.07) is 8.15. The second-order valence-corrected chi connectivity index (χ2v) is 9.74.